The van der Waals surface area contributed by atoms with Crippen molar-refractivity contribution in [3.63, 3.8) is 0 Å². The van der Waals surface area contributed by atoms with Crippen LogP contribution in [-0.2, 0) is 5.88 Å². The molecule has 0 aliphatic heterocycles. The van der Waals surface area contributed by atoms with E-state index in [1.165, 1.54) is 12.1 Å². The van der Waals surface area contributed by atoms with Crippen LogP contribution in [0.3, 0.4) is 0 Å². The molecule has 0 aliphatic carbocycles. The van der Waals surface area contributed by atoms with Gasteiger partial charge in [0.25, 0.3) is 5.69 Å². The molecule has 0 aromatic heterocycles. The maximum atomic E-state index is 12.2. The fourth-order valence-corrected chi connectivity index (χ4v) is 1.90. The largest absolute Gasteiger partial charge is 0.289 e. The summed E-state index contributed by atoms with van der Waals surface area (Å²) in [6.45, 7) is 0. The molecule has 2 rings (SSSR count). The van der Waals surface area contributed by atoms with Gasteiger partial charge in [0.05, 0.1) is 4.92 Å². The van der Waals surface area contributed by atoms with Crippen LogP contribution in [0.1, 0.15) is 21.5 Å². The van der Waals surface area contributed by atoms with Gasteiger partial charge in [-0.15, -0.1) is 11.6 Å². The predicted octanol–water partition coefficient (Wildman–Crippen LogP) is 3.56. The first-order valence-electron chi connectivity index (χ1n) is 5.56. The lowest BCUT2D eigenvalue weighted by Gasteiger charge is -2.03. The lowest BCUT2D eigenvalue weighted by atomic mass is 10.0. The number of ketones is 1. The van der Waals surface area contributed by atoms with Crippen LogP contribution in [0.2, 0.25) is 0 Å². The summed E-state index contributed by atoms with van der Waals surface area (Å²) >= 11 is 5.69. The van der Waals surface area contributed by atoms with Crippen molar-refractivity contribution in [2.75, 3.05) is 0 Å². The van der Waals surface area contributed by atoms with Crippen molar-refractivity contribution >= 4 is 23.1 Å². The van der Waals surface area contributed by atoms with Gasteiger partial charge in [0.1, 0.15) is 0 Å². The standard InChI is InChI=1S/C14H10ClNO3/c15-9-10-6-12(8-13(7-10)16(18)19)14(17)11-4-2-1-3-5-11/h1-8H,9H2. The van der Waals surface area contributed by atoms with Crippen LogP contribution in [0.4, 0.5) is 5.69 Å². The molecule has 2 aromatic carbocycles. The molecule has 0 saturated heterocycles. The molecule has 0 aliphatic rings. The van der Waals surface area contributed by atoms with Gasteiger partial charge in [-0.1, -0.05) is 30.3 Å². The topological polar surface area (TPSA) is 60.2 Å². The van der Waals surface area contributed by atoms with Gasteiger partial charge in [0.15, 0.2) is 5.78 Å². The summed E-state index contributed by atoms with van der Waals surface area (Å²) in [5, 5.41) is 10.8. The van der Waals surface area contributed by atoms with E-state index in [0.717, 1.165) is 0 Å². The van der Waals surface area contributed by atoms with Crippen molar-refractivity contribution in [3.05, 3.63) is 75.3 Å². The van der Waals surface area contributed by atoms with E-state index in [1.54, 1.807) is 36.4 Å². The summed E-state index contributed by atoms with van der Waals surface area (Å²) in [7, 11) is 0. The van der Waals surface area contributed by atoms with Gasteiger partial charge in [-0.05, 0) is 11.6 Å². The Morgan fingerprint density at radius 1 is 1.11 bits per heavy atom. The second kappa shape index (κ2) is 5.63. The number of benzene rings is 2. The summed E-state index contributed by atoms with van der Waals surface area (Å²) in [6.07, 6.45) is 0. The Morgan fingerprint density at radius 3 is 2.37 bits per heavy atom. The molecule has 96 valence electrons. The number of non-ortho nitro benzene ring substituents is 1. The molecular weight excluding hydrogens is 266 g/mol. The van der Waals surface area contributed by atoms with E-state index in [-0.39, 0.29) is 22.9 Å². The molecule has 0 fully saturated rings. The molecule has 0 radical (unpaired) electrons. The number of halogens is 1. The van der Waals surface area contributed by atoms with Crippen LogP contribution >= 0.6 is 11.6 Å². The zero-order valence-electron chi connectivity index (χ0n) is 9.88. The number of nitro groups is 1. The Balaban J connectivity index is 2.47. The fourth-order valence-electron chi connectivity index (χ4n) is 1.74. The lowest BCUT2D eigenvalue weighted by Crippen LogP contribution is -2.03. The van der Waals surface area contributed by atoms with Gasteiger partial charge in [0.2, 0.25) is 0 Å². The second-order valence-corrected chi connectivity index (χ2v) is 4.24. The minimum Gasteiger partial charge on any atom is -0.289 e. The van der Waals surface area contributed by atoms with E-state index in [4.69, 9.17) is 11.6 Å². The molecule has 0 saturated carbocycles. The summed E-state index contributed by atoms with van der Waals surface area (Å²) in [4.78, 5) is 22.5. The maximum Gasteiger partial charge on any atom is 0.270 e. The van der Waals surface area contributed by atoms with Gasteiger partial charge in [0, 0.05) is 29.1 Å². The van der Waals surface area contributed by atoms with E-state index in [2.05, 4.69) is 0 Å². The monoisotopic (exact) mass is 275 g/mol. The van der Waals surface area contributed by atoms with E-state index in [1.807, 2.05) is 0 Å². The molecule has 0 unspecified atom stereocenters. The Morgan fingerprint density at radius 2 is 1.79 bits per heavy atom. The highest BCUT2D eigenvalue weighted by Crippen LogP contribution is 2.21. The summed E-state index contributed by atoms with van der Waals surface area (Å²) < 4.78 is 0. The van der Waals surface area contributed by atoms with Crippen molar-refractivity contribution in [1.29, 1.82) is 0 Å². The van der Waals surface area contributed by atoms with Crippen LogP contribution in [-0.4, -0.2) is 10.7 Å². The summed E-state index contributed by atoms with van der Waals surface area (Å²) in [6, 6.07) is 12.8. The van der Waals surface area contributed by atoms with Crippen LogP contribution in [0, 0.1) is 10.1 Å². The number of rotatable bonds is 4. The van der Waals surface area contributed by atoms with Gasteiger partial charge >= 0.3 is 0 Å². The molecule has 0 atom stereocenters. The van der Waals surface area contributed by atoms with Crippen LogP contribution < -0.4 is 0 Å². The first-order valence-corrected chi connectivity index (χ1v) is 6.09. The third kappa shape index (κ3) is 2.98. The smallest absolute Gasteiger partial charge is 0.270 e. The van der Waals surface area contributed by atoms with Crippen molar-refractivity contribution in [3.8, 4) is 0 Å². The van der Waals surface area contributed by atoms with E-state index in [0.29, 0.717) is 11.1 Å². The average molecular weight is 276 g/mol. The molecule has 0 amide bonds. The molecule has 0 heterocycles. The minimum atomic E-state index is -0.530. The van der Waals surface area contributed by atoms with E-state index < -0.39 is 4.92 Å². The van der Waals surface area contributed by atoms with Gasteiger partial charge in [-0.3, -0.25) is 14.9 Å². The molecule has 4 nitrogen and oxygen atoms in total. The highest BCUT2D eigenvalue weighted by Gasteiger charge is 2.15. The zero-order chi connectivity index (χ0) is 13.8. The molecular formula is C14H10ClNO3. The third-order valence-electron chi connectivity index (χ3n) is 2.64. The first kappa shape index (κ1) is 13.2. The number of carbonyl (C=O) groups excluding carboxylic acids is 1. The Hall–Kier alpha value is -2.20. The van der Waals surface area contributed by atoms with Crippen molar-refractivity contribution in [2.45, 2.75) is 5.88 Å². The quantitative estimate of drug-likeness (QED) is 0.371. The Kier molecular flexibility index (Phi) is 3.92. The molecule has 0 spiro atoms. The van der Waals surface area contributed by atoms with E-state index >= 15 is 0 Å². The Bertz CT molecular complexity index is 626. The SMILES string of the molecule is O=C(c1ccccc1)c1cc(CCl)cc([N+](=O)[O-])c1. The van der Waals surface area contributed by atoms with Gasteiger partial charge < -0.3 is 0 Å². The van der Waals surface area contributed by atoms with Crippen molar-refractivity contribution in [2.24, 2.45) is 0 Å². The van der Waals surface area contributed by atoms with Crippen LogP contribution in [0.5, 0.6) is 0 Å². The normalized spacial score (nSPS) is 10.2. The molecule has 5 heteroatoms. The van der Waals surface area contributed by atoms with Crippen molar-refractivity contribution in [1.82, 2.24) is 0 Å². The summed E-state index contributed by atoms with van der Waals surface area (Å²) in [5.41, 5.74) is 1.19. The predicted molar refractivity (Wildman–Crippen MR) is 72.5 cm³/mol. The third-order valence-corrected chi connectivity index (χ3v) is 2.95. The number of alkyl halides is 1. The fraction of sp³-hybridized carbons (Fsp3) is 0.0714. The highest BCUT2D eigenvalue weighted by molar-refractivity contribution is 6.17. The van der Waals surface area contributed by atoms with Crippen molar-refractivity contribution < 1.29 is 9.72 Å². The average Bonchev–Trinajstić information content (AvgIpc) is 2.46. The zero-order valence-corrected chi connectivity index (χ0v) is 10.6. The number of nitro benzene ring substituents is 1. The first-order chi connectivity index (χ1) is 9.11. The second-order valence-electron chi connectivity index (χ2n) is 3.97. The number of hydrogen-bond acceptors (Lipinski definition) is 3. The maximum absolute atomic E-state index is 12.2. The molecule has 0 N–H and O–H groups in total. The van der Waals surface area contributed by atoms with Gasteiger partial charge in [-0.25, -0.2) is 0 Å². The highest BCUT2D eigenvalue weighted by atomic mass is 35.5. The van der Waals surface area contributed by atoms with Crippen LogP contribution in [0.25, 0.3) is 0 Å². The molecule has 19 heavy (non-hydrogen) atoms. The number of nitrogens with zero attached hydrogens (tertiary/aromatic N) is 1. The molecule has 2 aromatic rings. The minimum absolute atomic E-state index is 0.122. The number of hydrogen-bond donors (Lipinski definition) is 0. The van der Waals surface area contributed by atoms with Crippen LogP contribution in [0.15, 0.2) is 48.5 Å². The molecule has 0 bridgehead atoms. The van der Waals surface area contributed by atoms with E-state index in [9.17, 15) is 14.9 Å². The lowest BCUT2D eigenvalue weighted by molar-refractivity contribution is -0.384. The number of carbonyl (C=O) groups is 1. The Labute approximate surface area is 114 Å². The van der Waals surface area contributed by atoms with Gasteiger partial charge in [-0.2, -0.15) is 0 Å². The summed E-state index contributed by atoms with van der Waals surface area (Å²) in [5.74, 6) is -0.132.